The Labute approximate surface area is 389 Å². The Morgan fingerprint density at radius 2 is 1.53 bits per heavy atom. The van der Waals surface area contributed by atoms with E-state index in [0.717, 1.165) is 103 Å². The van der Waals surface area contributed by atoms with E-state index in [1.807, 2.05) is 63.5 Å². The highest BCUT2D eigenvalue weighted by atomic mass is 35.5. The van der Waals surface area contributed by atoms with Crippen LogP contribution in [0, 0.1) is 13.8 Å². The van der Waals surface area contributed by atoms with Crippen LogP contribution in [0.5, 0.6) is 0 Å². The van der Waals surface area contributed by atoms with Gasteiger partial charge in [-0.25, -0.2) is 9.97 Å². The van der Waals surface area contributed by atoms with Crippen molar-refractivity contribution in [2.45, 2.75) is 59.3 Å². The normalized spacial score (nSPS) is 11.3. The van der Waals surface area contributed by atoms with Crippen molar-refractivity contribution >= 4 is 57.1 Å². The lowest BCUT2D eigenvalue weighted by Gasteiger charge is -2.16. The molecule has 0 saturated carbocycles. The molecule has 12 nitrogen and oxygen atoms in total. The van der Waals surface area contributed by atoms with E-state index in [1.165, 1.54) is 0 Å². The number of hydrogen-bond acceptors (Lipinski definition) is 7. The number of carbonyl (C=O) groups is 3. The van der Waals surface area contributed by atoms with Gasteiger partial charge in [-0.15, -0.1) is 0 Å². The summed E-state index contributed by atoms with van der Waals surface area (Å²) < 4.78 is 2.09. The maximum absolute atomic E-state index is 13.2. The summed E-state index contributed by atoms with van der Waals surface area (Å²) in [6, 6.07) is 30.1. The number of hydrogen-bond donors (Lipinski definition) is 5. The second-order valence-electron chi connectivity index (χ2n) is 16.8. The minimum atomic E-state index is -0.324. The van der Waals surface area contributed by atoms with E-state index in [0.29, 0.717) is 48.8 Å². The van der Waals surface area contributed by atoms with Gasteiger partial charge in [0.05, 0.1) is 16.1 Å². The fraction of sp³-hybridized carbons (Fsp3) is 0.245. The summed E-state index contributed by atoms with van der Waals surface area (Å²) >= 11 is 6.78. The molecular formula is C53H54ClN9O3. The largest absolute Gasteiger partial charge is 0.383 e. The number of benzene rings is 4. The predicted octanol–water partition coefficient (Wildman–Crippen LogP) is 9.69. The van der Waals surface area contributed by atoms with Crippen molar-refractivity contribution in [2.24, 2.45) is 7.05 Å². The highest BCUT2D eigenvalue weighted by Crippen LogP contribution is 2.36. The van der Waals surface area contributed by atoms with Crippen LogP contribution in [0.25, 0.3) is 55.3 Å². The van der Waals surface area contributed by atoms with E-state index in [-0.39, 0.29) is 30.0 Å². The summed E-state index contributed by atoms with van der Waals surface area (Å²) in [6.07, 6.45) is 9.31. The summed E-state index contributed by atoms with van der Waals surface area (Å²) in [4.78, 5) is 55.8. The van der Waals surface area contributed by atoms with Crippen molar-refractivity contribution in [3.8, 4) is 33.4 Å². The molecule has 4 aromatic heterocycles. The van der Waals surface area contributed by atoms with Crippen LogP contribution in [-0.2, 0) is 24.7 Å². The van der Waals surface area contributed by atoms with Gasteiger partial charge in [-0.2, -0.15) is 0 Å². The molecule has 0 fully saturated rings. The average Bonchev–Trinajstić information content (AvgIpc) is 3.90. The second-order valence-corrected chi connectivity index (χ2v) is 17.2. The predicted molar refractivity (Wildman–Crippen MR) is 265 cm³/mol. The topological polar surface area (TPSA) is 173 Å². The number of aromatic nitrogens is 5. The number of carbonyl (C=O) groups excluding carboxylic acids is 3. The maximum Gasteiger partial charge on any atom is 0.269 e. The number of anilines is 1. The van der Waals surface area contributed by atoms with Gasteiger partial charge in [0.25, 0.3) is 11.8 Å². The Balaban J connectivity index is 0.744. The molecule has 0 aliphatic heterocycles. The molecule has 0 radical (unpaired) electrons. The van der Waals surface area contributed by atoms with E-state index in [1.54, 1.807) is 18.5 Å². The molecule has 6 N–H and O–H groups in total. The summed E-state index contributed by atoms with van der Waals surface area (Å²) in [5, 5.41) is 10.5. The molecular weight excluding hydrogens is 846 g/mol. The highest BCUT2D eigenvalue weighted by Gasteiger charge is 2.18. The number of aryl methyl sites for hydroxylation is 3. The van der Waals surface area contributed by atoms with Gasteiger partial charge >= 0.3 is 0 Å². The number of aromatic amines is 1. The zero-order chi connectivity index (χ0) is 46.3. The Morgan fingerprint density at radius 3 is 2.32 bits per heavy atom. The van der Waals surface area contributed by atoms with Crippen molar-refractivity contribution in [2.75, 3.05) is 25.4 Å². The first-order valence-corrected chi connectivity index (χ1v) is 22.8. The lowest BCUT2D eigenvalue weighted by molar-refractivity contribution is -0.121. The Hall–Kier alpha value is -7.31. The van der Waals surface area contributed by atoms with Gasteiger partial charge in [0.2, 0.25) is 5.91 Å². The Bertz CT molecular complexity index is 3060. The minimum absolute atomic E-state index is 0.0880. The van der Waals surface area contributed by atoms with Gasteiger partial charge in [0.15, 0.2) is 0 Å². The van der Waals surface area contributed by atoms with Gasteiger partial charge < -0.3 is 31.2 Å². The van der Waals surface area contributed by atoms with E-state index in [2.05, 4.69) is 90.9 Å². The molecule has 0 bridgehead atoms. The van der Waals surface area contributed by atoms with Gasteiger partial charge in [-0.05, 0) is 103 Å². The number of pyridine rings is 2. The van der Waals surface area contributed by atoms with E-state index in [4.69, 9.17) is 22.3 Å². The first kappa shape index (κ1) is 45.3. The summed E-state index contributed by atoms with van der Waals surface area (Å²) in [6.45, 7) is 7.13. The lowest BCUT2D eigenvalue weighted by Crippen LogP contribution is -2.34. The molecule has 13 heteroatoms. The van der Waals surface area contributed by atoms with Crippen molar-refractivity contribution < 1.29 is 14.4 Å². The number of halogens is 1. The zero-order valence-corrected chi connectivity index (χ0v) is 38.5. The summed E-state index contributed by atoms with van der Waals surface area (Å²) in [5.41, 5.74) is 19.8. The maximum atomic E-state index is 13.2. The number of rotatable bonds is 17. The average molecular weight is 901 g/mol. The van der Waals surface area contributed by atoms with Gasteiger partial charge in [-0.1, -0.05) is 79.0 Å². The van der Waals surface area contributed by atoms with Gasteiger partial charge in [-0.3, -0.25) is 19.4 Å². The van der Waals surface area contributed by atoms with Crippen molar-refractivity contribution in [3.63, 3.8) is 0 Å². The van der Waals surface area contributed by atoms with Gasteiger partial charge in [0.1, 0.15) is 17.3 Å². The number of nitrogens with two attached hydrogens (primary N) is 1. The molecule has 0 atom stereocenters. The standard InChI is InChI=1S/C53H54ClN9O3/c1-5-39-42(31-60-51(55)50(39)35-14-10-32(2)11-15-35)38-16-18-44(59-30-38)53(66)58-23-22-56-49(64)9-7-6-8-21-57-52(65)40-25-34(13-12-33(40)3)26-48-61-45-28-41(43(54)29-46(45)62-48)36-17-19-47-37(27-36)20-24-63(47)4/h10-20,24-25,27-31H,5-9,21-23,26H2,1-4H3,(H2,55,60)(H,56,64)(H,57,65)(H,58,66)(H,61,62). The molecule has 8 aromatic rings. The molecule has 4 aromatic carbocycles. The van der Waals surface area contributed by atoms with Gasteiger partial charge in [0, 0.05) is 96.8 Å². The fourth-order valence-corrected chi connectivity index (χ4v) is 8.68. The summed E-state index contributed by atoms with van der Waals surface area (Å²) in [5.74, 6) is 0.716. The molecule has 4 heterocycles. The van der Waals surface area contributed by atoms with Crippen LogP contribution in [0.3, 0.4) is 0 Å². The van der Waals surface area contributed by atoms with Crippen LogP contribution in [-0.4, -0.2) is 61.9 Å². The molecule has 0 aliphatic rings. The number of imidazole rings is 1. The SMILES string of the molecule is CCc1c(-c2ccc(C(=O)NCCNC(=O)CCCCCNC(=O)c3cc(Cc4nc5cc(-c6ccc7c(ccn7C)c6)c(Cl)cc5[nH]4)ccc3C)nc2)cnc(N)c1-c1ccc(C)cc1. The number of amides is 3. The lowest BCUT2D eigenvalue weighted by atomic mass is 9.92. The minimum Gasteiger partial charge on any atom is -0.383 e. The number of nitrogens with zero attached hydrogens (tertiary/aromatic N) is 4. The number of nitrogens with one attached hydrogen (secondary N) is 4. The monoisotopic (exact) mass is 899 g/mol. The highest BCUT2D eigenvalue weighted by molar-refractivity contribution is 6.34. The van der Waals surface area contributed by atoms with E-state index in [9.17, 15) is 14.4 Å². The Kier molecular flexibility index (Phi) is 13.9. The van der Waals surface area contributed by atoms with Crippen LogP contribution >= 0.6 is 11.6 Å². The quantitative estimate of drug-likeness (QED) is 0.0566. The van der Waals surface area contributed by atoms with Crippen molar-refractivity contribution in [1.29, 1.82) is 0 Å². The molecule has 0 spiro atoms. The van der Waals surface area contributed by atoms with Crippen LogP contribution < -0.4 is 21.7 Å². The van der Waals surface area contributed by atoms with Crippen LogP contribution in [0.15, 0.2) is 110 Å². The first-order chi connectivity index (χ1) is 31.9. The molecule has 0 unspecified atom stereocenters. The number of nitrogen functional groups attached to an aromatic ring is 1. The third kappa shape index (κ3) is 10.3. The van der Waals surface area contributed by atoms with Crippen molar-refractivity contribution in [3.05, 3.63) is 154 Å². The fourth-order valence-electron chi connectivity index (χ4n) is 8.41. The second kappa shape index (κ2) is 20.2. The van der Waals surface area contributed by atoms with Crippen molar-refractivity contribution in [1.82, 2.24) is 40.5 Å². The van der Waals surface area contributed by atoms with Crippen LogP contribution in [0.4, 0.5) is 5.82 Å². The number of unbranched alkanes of at least 4 members (excludes halogenated alkanes) is 2. The smallest absolute Gasteiger partial charge is 0.269 e. The zero-order valence-electron chi connectivity index (χ0n) is 37.7. The molecule has 3 amide bonds. The van der Waals surface area contributed by atoms with Crippen LogP contribution in [0.1, 0.15) is 81.5 Å². The molecule has 8 rings (SSSR count). The van der Waals surface area contributed by atoms with Crippen LogP contribution in [0.2, 0.25) is 5.02 Å². The Morgan fingerprint density at radius 1 is 0.758 bits per heavy atom. The third-order valence-corrected chi connectivity index (χ3v) is 12.4. The number of H-pyrrole nitrogens is 1. The molecule has 66 heavy (non-hydrogen) atoms. The molecule has 0 saturated heterocycles. The number of fused-ring (bicyclic) bond motifs is 2. The third-order valence-electron chi connectivity index (χ3n) is 12.0. The molecule has 0 aliphatic carbocycles. The first-order valence-electron chi connectivity index (χ1n) is 22.4. The van der Waals surface area contributed by atoms with E-state index < -0.39 is 0 Å². The summed E-state index contributed by atoms with van der Waals surface area (Å²) in [7, 11) is 2.03. The molecule has 336 valence electrons. The van der Waals surface area contributed by atoms with E-state index >= 15 is 0 Å².